The summed E-state index contributed by atoms with van der Waals surface area (Å²) in [7, 11) is 0. The van der Waals surface area contributed by atoms with Gasteiger partial charge in [-0.05, 0) is 44.0 Å². The Balaban J connectivity index is 2.01. The van der Waals surface area contributed by atoms with E-state index in [-0.39, 0.29) is 23.2 Å². The van der Waals surface area contributed by atoms with Gasteiger partial charge in [0.15, 0.2) is 11.5 Å². The average molecular weight is 346 g/mol. The van der Waals surface area contributed by atoms with E-state index in [1.54, 1.807) is 47.3 Å². The van der Waals surface area contributed by atoms with Crippen LogP contribution < -0.4 is 11.3 Å². The van der Waals surface area contributed by atoms with Crippen LogP contribution in [0.4, 0.5) is 5.82 Å². The summed E-state index contributed by atoms with van der Waals surface area (Å²) < 4.78 is 1.63. The Labute approximate surface area is 151 Å². The Morgan fingerprint density at radius 1 is 1.19 bits per heavy atom. The molecule has 6 nitrogen and oxygen atoms in total. The molecule has 2 aromatic heterocycles. The van der Waals surface area contributed by atoms with Crippen LogP contribution in [0.3, 0.4) is 0 Å². The normalized spacial score (nSPS) is 10.4. The molecule has 0 aliphatic rings. The van der Waals surface area contributed by atoms with Crippen LogP contribution in [0.25, 0.3) is 11.3 Å². The van der Waals surface area contributed by atoms with Crippen molar-refractivity contribution in [3.63, 3.8) is 0 Å². The minimum absolute atomic E-state index is 0.0363. The Bertz CT molecular complexity index is 1070. The number of pyridine rings is 1. The number of hydrogen-bond donors (Lipinski definition) is 2. The van der Waals surface area contributed by atoms with Crippen molar-refractivity contribution < 1.29 is 5.11 Å². The van der Waals surface area contributed by atoms with Crippen molar-refractivity contribution in [1.82, 2.24) is 14.5 Å². The van der Waals surface area contributed by atoms with Crippen molar-refractivity contribution in [2.45, 2.75) is 19.9 Å². The van der Waals surface area contributed by atoms with Gasteiger partial charge in [-0.3, -0.25) is 4.79 Å². The third kappa shape index (κ3) is 3.73. The lowest BCUT2D eigenvalue weighted by molar-refractivity contribution is 0.475. The minimum atomic E-state index is -0.0731. The van der Waals surface area contributed by atoms with Crippen LogP contribution in [0.2, 0.25) is 0 Å². The Hall–Kier alpha value is -3.59. The molecule has 3 N–H and O–H groups in total. The van der Waals surface area contributed by atoms with Gasteiger partial charge >= 0.3 is 0 Å². The molecule has 0 bridgehead atoms. The molecule has 6 heteroatoms. The van der Waals surface area contributed by atoms with E-state index in [1.807, 2.05) is 13.8 Å². The third-order valence-electron chi connectivity index (χ3n) is 3.76. The van der Waals surface area contributed by atoms with E-state index in [0.717, 1.165) is 5.56 Å². The maximum absolute atomic E-state index is 11.9. The van der Waals surface area contributed by atoms with Crippen LogP contribution >= 0.6 is 0 Å². The molecule has 0 unspecified atom stereocenters. The predicted molar refractivity (Wildman–Crippen MR) is 101 cm³/mol. The summed E-state index contributed by atoms with van der Waals surface area (Å²) in [6.07, 6.45) is 3.30. The number of nitrogens with two attached hydrogens (primary N) is 1. The van der Waals surface area contributed by atoms with Crippen molar-refractivity contribution in [3.8, 4) is 28.8 Å². The first kappa shape index (κ1) is 17.2. The SMILES string of the molecule is CC(C)n1cc(-c2cnc(N)c(C#Cc3cccc(O)c3)n2)ccc1=O. The monoisotopic (exact) mass is 346 g/mol. The second-order valence-electron chi connectivity index (χ2n) is 6.05. The zero-order chi connectivity index (χ0) is 18.7. The lowest BCUT2D eigenvalue weighted by Gasteiger charge is -2.11. The molecule has 0 saturated carbocycles. The number of hydrogen-bond acceptors (Lipinski definition) is 5. The number of aromatic nitrogens is 3. The number of phenolic OH excluding ortho intramolecular Hbond substituents is 1. The number of benzene rings is 1. The van der Waals surface area contributed by atoms with Gasteiger partial charge in [0, 0.05) is 29.4 Å². The smallest absolute Gasteiger partial charge is 0.250 e. The molecule has 1 aromatic carbocycles. The van der Waals surface area contributed by atoms with E-state index < -0.39 is 0 Å². The van der Waals surface area contributed by atoms with Crippen LogP contribution in [-0.4, -0.2) is 19.6 Å². The predicted octanol–water partition coefficient (Wildman–Crippen LogP) is 2.57. The van der Waals surface area contributed by atoms with E-state index in [0.29, 0.717) is 17.0 Å². The van der Waals surface area contributed by atoms with E-state index in [1.165, 1.54) is 6.07 Å². The number of nitrogens with zero attached hydrogens (tertiary/aromatic N) is 3. The van der Waals surface area contributed by atoms with Crippen molar-refractivity contribution in [2.24, 2.45) is 0 Å². The van der Waals surface area contributed by atoms with E-state index >= 15 is 0 Å². The third-order valence-corrected chi connectivity index (χ3v) is 3.76. The van der Waals surface area contributed by atoms with Gasteiger partial charge in [-0.15, -0.1) is 0 Å². The van der Waals surface area contributed by atoms with Crippen molar-refractivity contribution in [2.75, 3.05) is 5.73 Å². The van der Waals surface area contributed by atoms with Gasteiger partial charge in [0.25, 0.3) is 5.56 Å². The van der Waals surface area contributed by atoms with Crippen LogP contribution in [0.5, 0.6) is 5.75 Å². The highest BCUT2D eigenvalue weighted by Crippen LogP contribution is 2.18. The molecule has 0 atom stereocenters. The summed E-state index contributed by atoms with van der Waals surface area (Å²) in [6, 6.07) is 9.86. The van der Waals surface area contributed by atoms with Crippen LogP contribution in [0, 0.1) is 11.8 Å². The molecule has 0 radical (unpaired) electrons. The molecule has 0 aliphatic heterocycles. The first-order chi connectivity index (χ1) is 12.4. The highest BCUT2D eigenvalue weighted by molar-refractivity contribution is 5.61. The van der Waals surface area contributed by atoms with Crippen molar-refractivity contribution in [1.29, 1.82) is 0 Å². The minimum Gasteiger partial charge on any atom is -0.508 e. The fourth-order valence-electron chi connectivity index (χ4n) is 2.40. The second kappa shape index (κ2) is 7.11. The van der Waals surface area contributed by atoms with Crippen molar-refractivity contribution >= 4 is 5.82 Å². The van der Waals surface area contributed by atoms with E-state index in [4.69, 9.17) is 5.73 Å². The molecule has 3 rings (SSSR count). The molecule has 0 aliphatic carbocycles. The summed E-state index contributed by atoms with van der Waals surface area (Å²) in [5, 5.41) is 9.50. The molecule has 26 heavy (non-hydrogen) atoms. The maximum atomic E-state index is 11.9. The summed E-state index contributed by atoms with van der Waals surface area (Å²) in [6.45, 7) is 3.87. The van der Waals surface area contributed by atoms with E-state index in [9.17, 15) is 9.90 Å². The largest absolute Gasteiger partial charge is 0.508 e. The number of rotatable bonds is 2. The van der Waals surface area contributed by atoms with Gasteiger partial charge in [0.05, 0.1) is 11.9 Å². The fourth-order valence-corrected chi connectivity index (χ4v) is 2.40. The Morgan fingerprint density at radius 2 is 2.00 bits per heavy atom. The zero-order valence-corrected chi connectivity index (χ0v) is 14.5. The molecule has 2 heterocycles. The molecular weight excluding hydrogens is 328 g/mol. The fraction of sp³-hybridized carbons (Fsp3) is 0.150. The zero-order valence-electron chi connectivity index (χ0n) is 14.5. The highest BCUT2D eigenvalue weighted by Gasteiger charge is 2.08. The molecule has 3 aromatic rings. The van der Waals surface area contributed by atoms with Gasteiger partial charge in [-0.25, -0.2) is 9.97 Å². The number of nitrogen functional groups attached to an aromatic ring is 1. The first-order valence-corrected chi connectivity index (χ1v) is 8.10. The molecule has 0 amide bonds. The van der Waals surface area contributed by atoms with Gasteiger partial charge in [0.1, 0.15) is 5.75 Å². The van der Waals surface area contributed by atoms with E-state index in [2.05, 4.69) is 21.8 Å². The first-order valence-electron chi connectivity index (χ1n) is 8.10. The lowest BCUT2D eigenvalue weighted by Crippen LogP contribution is -2.20. The number of aromatic hydroxyl groups is 1. The summed E-state index contributed by atoms with van der Waals surface area (Å²) in [5.74, 6) is 6.16. The van der Waals surface area contributed by atoms with Gasteiger partial charge in [-0.2, -0.15) is 0 Å². The quantitative estimate of drug-likeness (QED) is 0.696. The molecule has 0 fully saturated rings. The molecular formula is C20H18N4O2. The summed E-state index contributed by atoms with van der Waals surface area (Å²) in [5.41, 5.74) is 8.13. The Morgan fingerprint density at radius 3 is 2.73 bits per heavy atom. The van der Waals surface area contributed by atoms with Crippen LogP contribution in [-0.2, 0) is 0 Å². The summed E-state index contributed by atoms with van der Waals surface area (Å²) in [4.78, 5) is 20.5. The van der Waals surface area contributed by atoms with Crippen molar-refractivity contribution in [3.05, 3.63) is 70.4 Å². The summed E-state index contributed by atoms with van der Waals surface area (Å²) >= 11 is 0. The number of phenols is 1. The number of anilines is 1. The topological polar surface area (TPSA) is 94.0 Å². The van der Waals surface area contributed by atoms with Crippen LogP contribution in [0.1, 0.15) is 31.1 Å². The second-order valence-corrected chi connectivity index (χ2v) is 6.05. The maximum Gasteiger partial charge on any atom is 0.250 e. The standard InChI is InChI=1S/C20H18N4O2/c1-13(2)24-12-15(7-9-19(24)26)18-11-22-20(21)17(23-18)8-6-14-4-3-5-16(25)10-14/h3-5,7,9-13,25H,1-2H3,(H2,21,22). The van der Waals surface area contributed by atoms with Gasteiger partial charge < -0.3 is 15.4 Å². The average Bonchev–Trinajstić information content (AvgIpc) is 2.61. The molecule has 0 spiro atoms. The van der Waals surface area contributed by atoms with Crippen LogP contribution in [0.15, 0.2) is 53.6 Å². The Kier molecular flexibility index (Phi) is 4.72. The lowest BCUT2D eigenvalue weighted by atomic mass is 10.2. The van der Waals surface area contributed by atoms with Gasteiger partial charge in [-0.1, -0.05) is 12.0 Å². The highest BCUT2D eigenvalue weighted by atomic mass is 16.3. The molecule has 0 saturated heterocycles. The molecule has 130 valence electrons. The van der Waals surface area contributed by atoms with Gasteiger partial charge in [0.2, 0.25) is 0 Å².